The molecule has 0 unspecified atom stereocenters. The molecular weight excluding hydrogens is 188 g/mol. The molecule has 2 N–H and O–H groups in total. The average Bonchev–Trinajstić information content (AvgIpc) is 2.66. The summed E-state index contributed by atoms with van der Waals surface area (Å²) >= 11 is 0. The normalized spacial score (nSPS) is 24.8. The topological polar surface area (TPSA) is 56.0 Å². The van der Waals surface area contributed by atoms with Gasteiger partial charge in [0.2, 0.25) is 0 Å². The lowest BCUT2D eigenvalue weighted by Crippen LogP contribution is -2.27. The van der Waals surface area contributed by atoms with Crippen LogP contribution in [0.25, 0.3) is 0 Å². The highest BCUT2D eigenvalue weighted by Gasteiger charge is 2.24. The first kappa shape index (κ1) is 10.0. The molecule has 2 atom stereocenters. The summed E-state index contributed by atoms with van der Waals surface area (Å²) in [5.41, 5.74) is 1.63. The van der Waals surface area contributed by atoms with Gasteiger partial charge < -0.3 is 10.4 Å². The van der Waals surface area contributed by atoms with Crippen LogP contribution in [-0.2, 0) is 0 Å². The standard InChI is InChI=1S/C12H14N2O/c13-8-9-4-6-10(7-5-9)14-11-2-1-3-12(11)15/h4-7,11-12,14-15H,1-3H2/t11-,12-/m1/s1. The molecule has 0 saturated heterocycles. The van der Waals surface area contributed by atoms with Crippen molar-refractivity contribution in [3.05, 3.63) is 29.8 Å². The molecule has 0 radical (unpaired) electrons. The Morgan fingerprint density at radius 3 is 2.53 bits per heavy atom. The van der Waals surface area contributed by atoms with Crippen LogP contribution in [0.3, 0.4) is 0 Å². The summed E-state index contributed by atoms with van der Waals surface area (Å²) in [6, 6.07) is 9.56. The van der Waals surface area contributed by atoms with Gasteiger partial charge in [-0.1, -0.05) is 0 Å². The van der Waals surface area contributed by atoms with Gasteiger partial charge in [0.15, 0.2) is 0 Å². The van der Waals surface area contributed by atoms with Gasteiger partial charge in [0.05, 0.1) is 23.8 Å². The van der Waals surface area contributed by atoms with Gasteiger partial charge in [0.25, 0.3) is 0 Å². The molecule has 2 rings (SSSR count). The van der Waals surface area contributed by atoms with E-state index >= 15 is 0 Å². The Kier molecular flexibility index (Phi) is 2.89. The van der Waals surface area contributed by atoms with E-state index in [0.29, 0.717) is 5.56 Å². The number of nitrogens with zero attached hydrogens (tertiary/aromatic N) is 1. The minimum atomic E-state index is -0.236. The van der Waals surface area contributed by atoms with Crippen LogP contribution in [0.15, 0.2) is 24.3 Å². The second kappa shape index (κ2) is 4.33. The molecule has 0 aliphatic heterocycles. The second-order valence-corrected chi connectivity index (χ2v) is 3.94. The number of nitrogens with one attached hydrogen (secondary N) is 1. The third-order valence-corrected chi connectivity index (χ3v) is 2.85. The minimum Gasteiger partial charge on any atom is -0.391 e. The molecule has 15 heavy (non-hydrogen) atoms. The van der Waals surface area contributed by atoms with Gasteiger partial charge in [-0.05, 0) is 43.5 Å². The first-order chi connectivity index (χ1) is 7.29. The fraction of sp³-hybridized carbons (Fsp3) is 0.417. The van der Waals surface area contributed by atoms with Crippen LogP contribution in [0.2, 0.25) is 0 Å². The highest BCUT2D eigenvalue weighted by atomic mass is 16.3. The molecule has 78 valence electrons. The van der Waals surface area contributed by atoms with Crippen LogP contribution in [0.5, 0.6) is 0 Å². The molecular formula is C12H14N2O. The third kappa shape index (κ3) is 2.28. The lowest BCUT2D eigenvalue weighted by Gasteiger charge is -2.17. The Hall–Kier alpha value is -1.53. The van der Waals surface area contributed by atoms with Crippen molar-refractivity contribution in [3.63, 3.8) is 0 Å². The van der Waals surface area contributed by atoms with Crippen molar-refractivity contribution < 1.29 is 5.11 Å². The molecule has 0 heterocycles. The monoisotopic (exact) mass is 202 g/mol. The van der Waals surface area contributed by atoms with E-state index in [4.69, 9.17) is 5.26 Å². The molecule has 0 aromatic heterocycles. The Morgan fingerprint density at radius 2 is 2.00 bits per heavy atom. The fourth-order valence-corrected chi connectivity index (χ4v) is 1.96. The largest absolute Gasteiger partial charge is 0.391 e. The lowest BCUT2D eigenvalue weighted by molar-refractivity contribution is 0.172. The van der Waals surface area contributed by atoms with E-state index in [1.54, 1.807) is 12.1 Å². The lowest BCUT2D eigenvalue weighted by atomic mass is 10.1. The number of aliphatic hydroxyl groups is 1. The predicted molar refractivity (Wildman–Crippen MR) is 58.4 cm³/mol. The maximum Gasteiger partial charge on any atom is 0.0991 e. The number of rotatable bonds is 2. The number of anilines is 1. The van der Waals surface area contributed by atoms with Crippen LogP contribution in [0.4, 0.5) is 5.69 Å². The summed E-state index contributed by atoms with van der Waals surface area (Å²) in [6.07, 6.45) is 2.74. The zero-order valence-corrected chi connectivity index (χ0v) is 8.48. The molecule has 0 bridgehead atoms. The van der Waals surface area contributed by atoms with Gasteiger partial charge in [0.1, 0.15) is 0 Å². The zero-order chi connectivity index (χ0) is 10.7. The third-order valence-electron chi connectivity index (χ3n) is 2.85. The van der Waals surface area contributed by atoms with Crippen molar-refractivity contribution in [1.82, 2.24) is 0 Å². The minimum absolute atomic E-state index is 0.165. The maximum absolute atomic E-state index is 9.64. The van der Waals surface area contributed by atoms with Crippen LogP contribution in [0.1, 0.15) is 24.8 Å². The van der Waals surface area contributed by atoms with Gasteiger partial charge in [-0.15, -0.1) is 0 Å². The summed E-state index contributed by atoms with van der Waals surface area (Å²) < 4.78 is 0. The average molecular weight is 202 g/mol. The predicted octanol–water partition coefficient (Wildman–Crippen LogP) is 1.88. The van der Waals surface area contributed by atoms with E-state index in [2.05, 4.69) is 11.4 Å². The first-order valence-corrected chi connectivity index (χ1v) is 5.24. The maximum atomic E-state index is 9.64. The molecule has 1 aliphatic carbocycles. The second-order valence-electron chi connectivity index (χ2n) is 3.94. The van der Waals surface area contributed by atoms with Crippen LogP contribution in [-0.4, -0.2) is 17.3 Å². The number of hydrogen-bond acceptors (Lipinski definition) is 3. The fourth-order valence-electron chi connectivity index (χ4n) is 1.96. The van der Waals surface area contributed by atoms with E-state index in [1.807, 2.05) is 12.1 Å². The van der Waals surface area contributed by atoms with Crippen molar-refractivity contribution >= 4 is 5.69 Å². The van der Waals surface area contributed by atoms with Gasteiger partial charge in [-0.2, -0.15) is 5.26 Å². The van der Waals surface area contributed by atoms with E-state index in [1.165, 1.54) is 0 Å². The zero-order valence-electron chi connectivity index (χ0n) is 8.48. The summed E-state index contributed by atoms with van der Waals surface area (Å²) in [5.74, 6) is 0. The molecule has 3 nitrogen and oxygen atoms in total. The molecule has 1 aromatic rings. The molecule has 0 amide bonds. The van der Waals surface area contributed by atoms with Gasteiger partial charge >= 0.3 is 0 Å². The number of benzene rings is 1. The van der Waals surface area contributed by atoms with Crippen molar-refractivity contribution in [1.29, 1.82) is 5.26 Å². The van der Waals surface area contributed by atoms with Crippen LogP contribution in [0, 0.1) is 11.3 Å². The summed E-state index contributed by atoms with van der Waals surface area (Å²) in [7, 11) is 0. The highest BCUT2D eigenvalue weighted by molar-refractivity contribution is 5.48. The first-order valence-electron chi connectivity index (χ1n) is 5.24. The van der Waals surface area contributed by atoms with E-state index in [-0.39, 0.29) is 12.1 Å². The van der Waals surface area contributed by atoms with E-state index in [0.717, 1.165) is 24.9 Å². The van der Waals surface area contributed by atoms with Crippen LogP contribution < -0.4 is 5.32 Å². The molecule has 0 spiro atoms. The molecule has 1 saturated carbocycles. The number of aliphatic hydroxyl groups excluding tert-OH is 1. The van der Waals surface area contributed by atoms with E-state index in [9.17, 15) is 5.11 Å². The smallest absolute Gasteiger partial charge is 0.0991 e. The van der Waals surface area contributed by atoms with Crippen molar-refractivity contribution in [2.75, 3.05) is 5.32 Å². The number of hydrogen-bond donors (Lipinski definition) is 2. The molecule has 1 aromatic carbocycles. The summed E-state index contributed by atoms with van der Waals surface area (Å²) in [6.45, 7) is 0. The quantitative estimate of drug-likeness (QED) is 0.770. The Labute approximate surface area is 89.4 Å². The Morgan fingerprint density at radius 1 is 1.27 bits per heavy atom. The molecule has 3 heteroatoms. The van der Waals surface area contributed by atoms with Crippen molar-refractivity contribution in [3.8, 4) is 6.07 Å². The summed E-state index contributed by atoms with van der Waals surface area (Å²) in [5, 5.41) is 21.6. The molecule has 1 aliphatic rings. The molecule has 1 fully saturated rings. The van der Waals surface area contributed by atoms with Crippen LogP contribution >= 0.6 is 0 Å². The van der Waals surface area contributed by atoms with Gasteiger partial charge in [-0.3, -0.25) is 0 Å². The van der Waals surface area contributed by atoms with Gasteiger partial charge in [0, 0.05) is 5.69 Å². The highest BCUT2D eigenvalue weighted by Crippen LogP contribution is 2.22. The Bertz CT molecular complexity index is 366. The Balaban J connectivity index is 2.02. The van der Waals surface area contributed by atoms with Crippen molar-refractivity contribution in [2.24, 2.45) is 0 Å². The summed E-state index contributed by atoms with van der Waals surface area (Å²) in [4.78, 5) is 0. The van der Waals surface area contributed by atoms with Crippen molar-refractivity contribution in [2.45, 2.75) is 31.4 Å². The number of nitriles is 1. The van der Waals surface area contributed by atoms with E-state index < -0.39 is 0 Å². The van der Waals surface area contributed by atoms with Gasteiger partial charge in [-0.25, -0.2) is 0 Å². The SMILES string of the molecule is N#Cc1ccc(N[C@@H]2CCC[C@H]2O)cc1.